The lowest BCUT2D eigenvalue weighted by Crippen LogP contribution is -2.40. The quantitative estimate of drug-likeness (QED) is 0.500. The highest BCUT2D eigenvalue weighted by Crippen LogP contribution is 2.28. The van der Waals surface area contributed by atoms with Crippen LogP contribution < -0.4 is 13.8 Å². The van der Waals surface area contributed by atoms with Gasteiger partial charge in [0.15, 0.2) is 6.61 Å². The zero-order chi connectivity index (χ0) is 21.7. The third-order valence-electron chi connectivity index (χ3n) is 4.07. The highest BCUT2D eigenvalue weighted by molar-refractivity contribution is 7.93. The standard InChI is InChI=1S/C21H17Cl2NO5S/c1-28-17-10-8-16(9-11-17)24(30(26,27)18-12-6-15(22)7-13-18)21(25)14-29-20-5-3-2-4-19(20)23/h2-13H,14H2,1H3. The summed E-state index contributed by atoms with van der Waals surface area (Å²) in [6.07, 6.45) is 0. The van der Waals surface area contributed by atoms with Crippen LogP contribution in [0.15, 0.2) is 77.7 Å². The molecule has 1 amide bonds. The van der Waals surface area contributed by atoms with E-state index in [0.717, 1.165) is 0 Å². The summed E-state index contributed by atoms with van der Waals surface area (Å²) in [5, 5.41) is 0.681. The van der Waals surface area contributed by atoms with Gasteiger partial charge in [-0.05, 0) is 60.7 Å². The fourth-order valence-corrected chi connectivity index (χ4v) is 4.33. The summed E-state index contributed by atoms with van der Waals surface area (Å²) in [4.78, 5) is 12.9. The molecular weight excluding hydrogens is 449 g/mol. The Kier molecular flexibility index (Phi) is 6.87. The van der Waals surface area contributed by atoms with E-state index in [0.29, 0.717) is 20.1 Å². The first-order valence-electron chi connectivity index (χ1n) is 8.68. The highest BCUT2D eigenvalue weighted by atomic mass is 35.5. The van der Waals surface area contributed by atoms with E-state index in [1.807, 2.05) is 0 Å². The number of para-hydroxylation sites is 1. The van der Waals surface area contributed by atoms with Crippen molar-refractivity contribution in [3.05, 3.63) is 82.8 Å². The van der Waals surface area contributed by atoms with Crippen LogP contribution in [0, 0.1) is 0 Å². The van der Waals surface area contributed by atoms with Gasteiger partial charge in [-0.15, -0.1) is 0 Å². The van der Waals surface area contributed by atoms with E-state index in [2.05, 4.69) is 0 Å². The van der Waals surface area contributed by atoms with Crippen LogP contribution in [0.4, 0.5) is 5.69 Å². The summed E-state index contributed by atoms with van der Waals surface area (Å²) in [6.45, 7) is -0.539. The second kappa shape index (κ2) is 9.38. The Labute approximate surface area is 184 Å². The number of nitrogens with zero attached hydrogens (tertiary/aromatic N) is 1. The van der Waals surface area contributed by atoms with E-state index in [4.69, 9.17) is 32.7 Å². The zero-order valence-corrected chi connectivity index (χ0v) is 18.1. The van der Waals surface area contributed by atoms with Crippen molar-refractivity contribution in [3.63, 3.8) is 0 Å². The minimum Gasteiger partial charge on any atom is -0.497 e. The number of methoxy groups -OCH3 is 1. The molecule has 0 atom stereocenters. The Morgan fingerprint density at radius 3 is 2.17 bits per heavy atom. The molecule has 0 bridgehead atoms. The van der Waals surface area contributed by atoms with Gasteiger partial charge in [-0.3, -0.25) is 4.79 Å². The lowest BCUT2D eigenvalue weighted by atomic mass is 10.3. The molecule has 0 saturated carbocycles. The van der Waals surface area contributed by atoms with Crippen LogP contribution in [0.1, 0.15) is 0 Å². The van der Waals surface area contributed by atoms with Gasteiger partial charge in [0, 0.05) is 5.02 Å². The van der Waals surface area contributed by atoms with Crippen LogP contribution >= 0.6 is 23.2 Å². The lowest BCUT2D eigenvalue weighted by Gasteiger charge is -2.23. The zero-order valence-electron chi connectivity index (χ0n) is 15.8. The van der Waals surface area contributed by atoms with Crippen molar-refractivity contribution < 1.29 is 22.7 Å². The molecule has 3 aromatic carbocycles. The maximum atomic E-state index is 13.3. The van der Waals surface area contributed by atoms with Gasteiger partial charge in [-0.2, -0.15) is 4.31 Å². The monoisotopic (exact) mass is 465 g/mol. The van der Waals surface area contributed by atoms with Crippen molar-refractivity contribution >= 4 is 44.8 Å². The molecule has 0 unspecified atom stereocenters. The number of benzene rings is 3. The smallest absolute Gasteiger partial charge is 0.278 e. The summed E-state index contributed by atoms with van der Waals surface area (Å²) in [7, 11) is -2.75. The van der Waals surface area contributed by atoms with E-state index >= 15 is 0 Å². The molecule has 156 valence electrons. The summed E-state index contributed by atoms with van der Waals surface area (Å²) in [6, 6.07) is 18.2. The minimum atomic E-state index is -4.23. The molecule has 0 radical (unpaired) electrons. The maximum absolute atomic E-state index is 13.3. The van der Waals surface area contributed by atoms with E-state index < -0.39 is 22.5 Å². The molecule has 0 saturated heterocycles. The molecule has 30 heavy (non-hydrogen) atoms. The average molecular weight is 466 g/mol. The lowest BCUT2D eigenvalue weighted by molar-refractivity contribution is -0.119. The van der Waals surface area contributed by atoms with Crippen LogP contribution in [0.2, 0.25) is 10.0 Å². The molecule has 0 aromatic heterocycles. The second-order valence-corrected chi connectivity index (χ2v) is 8.66. The highest BCUT2D eigenvalue weighted by Gasteiger charge is 2.31. The molecule has 0 N–H and O–H groups in total. The molecule has 0 aliphatic heterocycles. The Hall–Kier alpha value is -2.74. The van der Waals surface area contributed by atoms with E-state index in [1.54, 1.807) is 36.4 Å². The minimum absolute atomic E-state index is 0.0891. The number of anilines is 1. The van der Waals surface area contributed by atoms with Crippen molar-refractivity contribution in [3.8, 4) is 11.5 Å². The van der Waals surface area contributed by atoms with Gasteiger partial charge in [0.05, 0.1) is 22.7 Å². The predicted octanol–water partition coefficient (Wildman–Crippen LogP) is 4.80. The Balaban J connectivity index is 1.97. The molecule has 3 rings (SSSR count). The number of amides is 1. The molecule has 9 heteroatoms. The molecule has 0 spiro atoms. The van der Waals surface area contributed by atoms with Gasteiger partial charge < -0.3 is 9.47 Å². The number of sulfonamides is 1. The number of rotatable bonds is 7. The number of hydrogen-bond donors (Lipinski definition) is 0. The molecule has 0 heterocycles. The average Bonchev–Trinajstić information content (AvgIpc) is 2.74. The van der Waals surface area contributed by atoms with Crippen LogP contribution in [-0.2, 0) is 14.8 Å². The van der Waals surface area contributed by atoms with Gasteiger partial charge in [-0.1, -0.05) is 35.3 Å². The summed E-state index contributed by atoms with van der Waals surface area (Å²) in [5.74, 6) is -0.0107. The van der Waals surface area contributed by atoms with Crippen molar-refractivity contribution in [1.82, 2.24) is 0 Å². The first-order chi connectivity index (χ1) is 14.3. The number of carbonyl (C=O) groups is 1. The summed E-state index contributed by atoms with van der Waals surface area (Å²) >= 11 is 11.9. The molecule has 0 aliphatic carbocycles. The van der Waals surface area contributed by atoms with Gasteiger partial charge in [0.1, 0.15) is 11.5 Å². The summed E-state index contributed by atoms with van der Waals surface area (Å²) in [5.41, 5.74) is 0.138. The molecule has 0 fully saturated rings. The molecular formula is C21H17Cl2NO5S. The number of ether oxygens (including phenoxy) is 2. The second-order valence-electron chi connectivity index (χ2n) is 6.03. The summed E-state index contributed by atoms with van der Waals surface area (Å²) < 4.78 is 37.8. The van der Waals surface area contributed by atoms with Gasteiger partial charge in [0.2, 0.25) is 0 Å². The number of halogens is 2. The largest absolute Gasteiger partial charge is 0.497 e. The molecule has 0 aliphatic rings. The molecule has 3 aromatic rings. The van der Waals surface area contributed by atoms with Crippen LogP contribution in [0.25, 0.3) is 0 Å². The third kappa shape index (κ3) is 4.87. The van der Waals surface area contributed by atoms with Gasteiger partial charge >= 0.3 is 0 Å². The van der Waals surface area contributed by atoms with E-state index in [9.17, 15) is 13.2 Å². The van der Waals surface area contributed by atoms with Gasteiger partial charge in [0.25, 0.3) is 15.9 Å². The third-order valence-corrected chi connectivity index (χ3v) is 6.40. The van der Waals surface area contributed by atoms with Crippen molar-refractivity contribution in [2.24, 2.45) is 0 Å². The number of carbonyl (C=O) groups excluding carboxylic acids is 1. The predicted molar refractivity (Wildman–Crippen MR) is 116 cm³/mol. The van der Waals surface area contributed by atoms with E-state index in [1.165, 1.54) is 43.5 Å². The first-order valence-corrected chi connectivity index (χ1v) is 10.9. The topological polar surface area (TPSA) is 72.9 Å². The van der Waals surface area contributed by atoms with Crippen molar-refractivity contribution in [1.29, 1.82) is 0 Å². The van der Waals surface area contributed by atoms with Gasteiger partial charge in [-0.25, -0.2) is 8.42 Å². The Morgan fingerprint density at radius 1 is 0.933 bits per heavy atom. The normalized spacial score (nSPS) is 11.0. The molecule has 6 nitrogen and oxygen atoms in total. The van der Waals surface area contributed by atoms with Crippen LogP contribution in [-0.4, -0.2) is 28.0 Å². The maximum Gasteiger partial charge on any atom is 0.278 e. The van der Waals surface area contributed by atoms with Crippen LogP contribution in [0.5, 0.6) is 11.5 Å². The van der Waals surface area contributed by atoms with E-state index in [-0.39, 0.29) is 16.3 Å². The fourth-order valence-electron chi connectivity index (χ4n) is 2.61. The first kappa shape index (κ1) is 22.0. The number of hydrogen-bond acceptors (Lipinski definition) is 5. The van der Waals surface area contributed by atoms with Crippen molar-refractivity contribution in [2.45, 2.75) is 4.90 Å². The van der Waals surface area contributed by atoms with Crippen molar-refractivity contribution in [2.75, 3.05) is 18.0 Å². The SMILES string of the molecule is COc1ccc(N(C(=O)COc2ccccc2Cl)S(=O)(=O)c2ccc(Cl)cc2)cc1. The Morgan fingerprint density at radius 2 is 1.57 bits per heavy atom. The Bertz CT molecular complexity index is 1130. The van der Waals surface area contributed by atoms with Crippen LogP contribution in [0.3, 0.4) is 0 Å². The fraction of sp³-hybridized carbons (Fsp3) is 0.0952.